The van der Waals surface area contributed by atoms with E-state index in [0.29, 0.717) is 19.4 Å². The number of carbonyl (C=O) groups is 2. The quantitative estimate of drug-likeness (QED) is 0.317. The Balaban J connectivity index is 2.73. The van der Waals surface area contributed by atoms with E-state index in [1.54, 1.807) is 0 Å². The van der Waals surface area contributed by atoms with Gasteiger partial charge < -0.3 is 25.4 Å². The summed E-state index contributed by atoms with van der Waals surface area (Å²) in [5.74, 6) is -4.35. The summed E-state index contributed by atoms with van der Waals surface area (Å²) in [7, 11) is 0. The summed E-state index contributed by atoms with van der Waals surface area (Å²) in [6, 6.07) is 0. The van der Waals surface area contributed by atoms with Crippen molar-refractivity contribution < 1.29 is 29.3 Å². The number of carbonyl (C=O) groups excluding carboxylic acids is 2. The number of cyclic esters (lactones) is 2. The fourth-order valence-electron chi connectivity index (χ4n) is 1.36. The Morgan fingerprint density at radius 3 is 2.00 bits per heavy atom. The number of ether oxygens (including phenoxy) is 2. The van der Waals surface area contributed by atoms with Crippen molar-refractivity contribution in [3.05, 3.63) is 0 Å². The summed E-state index contributed by atoms with van der Waals surface area (Å²) >= 11 is 0. The highest BCUT2D eigenvalue weighted by atomic mass is 16.8. The van der Waals surface area contributed by atoms with Crippen molar-refractivity contribution in [1.82, 2.24) is 0 Å². The molecule has 0 aromatic carbocycles. The van der Waals surface area contributed by atoms with E-state index < -0.39 is 30.1 Å². The van der Waals surface area contributed by atoms with E-state index in [1.165, 1.54) is 0 Å². The molecule has 8 heteroatoms. The van der Waals surface area contributed by atoms with E-state index in [2.05, 4.69) is 9.47 Å². The van der Waals surface area contributed by atoms with Gasteiger partial charge in [-0.25, -0.2) is 9.59 Å². The van der Waals surface area contributed by atoms with Gasteiger partial charge in [-0.3, -0.25) is 5.73 Å². The molecule has 98 valence electrons. The van der Waals surface area contributed by atoms with Gasteiger partial charge in [0.1, 0.15) is 0 Å². The van der Waals surface area contributed by atoms with Gasteiger partial charge >= 0.3 is 17.8 Å². The zero-order valence-electron chi connectivity index (χ0n) is 9.17. The topological polar surface area (TPSA) is 145 Å². The molecule has 1 fully saturated rings. The van der Waals surface area contributed by atoms with Crippen molar-refractivity contribution in [1.29, 1.82) is 0 Å². The van der Waals surface area contributed by atoms with Gasteiger partial charge in [0.2, 0.25) is 0 Å². The van der Waals surface area contributed by atoms with Gasteiger partial charge in [0.05, 0.1) is 0 Å². The molecule has 17 heavy (non-hydrogen) atoms. The molecule has 0 amide bonds. The Bertz CT molecular complexity index is 286. The maximum absolute atomic E-state index is 11.2. The van der Waals surface area contributed by atoms with Crippen LogP contribution in [0.1, 0.15) is 19.3 Å². The number of nitrogens with two attached hydrogens (primary N) is 2. The number of rotatable bonds is 4. The van der Waals surface area contributed by atoms with Gasteiger partial charge in [0.15, 0.2) is 12.2 Å². The molecule has 0 aromatic rings. The molecule has 0 bridgehead atoms. The Morgan fingerprint density at radius 1 is 1.12 bits per heavy atom. The molecule has 8 nitrogen and oxygen atoms in total. The molecule has 1 rings (SSSR count). The van der Waals surface area contributed by atoms with Crippen LogP contribution in [0.4, 0.5) is 0 Å². The Morgan fingerprint density at radius 2 is 1.59 bits per heavy atom. The first-order valence-corrected chi connectivity index (χ1v) is 5.20. The van der Waals surface area contributed by atoms with Crippen LogP contribution in [0.15, 0.2) is 0 Å². The van der Waals surface area contributed by atoms with Crippen LogP contribution in [-0.2, 0) is 19.1 Å². The van der Waals surface area contributed by atoms with Crippen LogP contribution in [0, 0.1) is 0 Å². The maximum atomic E-state index is 11.2. The molecule has 0 saturated carbocycles. The second kappa shape index (κ2) is 5.41. The van der Waals surface area contributed by atoms with E-state index in [0.717, 1.165) is 0 Å². The van der Waals surface area contributed by atoms with Crippen LogP contribution < -0.4 is 11.5 Å². The normalized spacial score (nSPS) is 33.9. The van der Waals surface area contributed by atoms with Gasteiger partial charge in [0, 0.05) is 6.42 Å². The molecule has 2 atom stereocenters. The minimum Gasteiger partial charge on any atom is -0.407 e. The molecule has 6 N–H and O–H groups in total. The summed E-state index contributed by atoms with van der Waals surface area (Å²) in [6.45, 7) is 0.420. The lowest BCUT2D eigenvalue weighted by atomic mass is 10.2. The molecular formula is C9H16N2O6. The Hall–Kier alpha value is -1.22. The molecular weight excluding hydrogens is 232 g/mol. The molecule has 0 radical (unpaired) electrons. The van der Waals surface area contributed by atoms with Crippen LogP contribution in [0.2, 0.25) is 0 Å². The zero-order chi connectivity index (χ0) is 13.1. The van der Waals surface area contributed by atoms with Crippen LogP contribution in [0.5, 0.6) is 0 Å². The molecule has 0 aromatic heterocycles. The van der Waals surface area contributed by atoms with E-state index in [9.17, 15) is 19.8 Å². The van der Waals surface area contributed by atoms with Gasteiger partial charge in [-0.15, -0.1) is 0 Å². The summed E-state index contributed by atoms with van der Waals surface area (Å²) in [4.78, 5) is 22.5. The number of hydrogen-bond donors (Lipinski definition) is 4. The Kier molecular flexibility index (Phi) is 4.40. The summed E-state index contributed by atoms with van der Waals surface area (Å²) < 4.78 is 9.29. The average molecular weight is 248 g/mol. The third-order valence-corrected chi connectivity index (χ3v) is 2.31. The van der Waals surface area contributed by atoms with Crippen LogP contribution in [-0.4, -0.2) is 46.8 Å². The number of hydrogen-bond acceptors (Lipinski definition) is 8. The largest absolute Gasteiger partial charge is 0.407 e. The lowest BCUT2D eigenvalue weighted by Crippen LogP contribution is -2.47. The van der Waals surface area contributed by atoms with Crippen molar-refractivity contribution in [2.45, 2.75) is 37.4 Å². The minimum atomic E-state index is -1.98. The summed E-state index contributed by atoms with van der Waals surface area (Å²) in [6.07, 6.45) is -2.84. The van der Waals surface area contributed by atoms with Gasteiger partial charge in [-0.2, -0.15) is 0 Å². The molecule has 0 spiro atoms. The Labute approximate surface area is 97.5 Å². The van der Waals surface area contributed by atoms with Crippen LogP contribution in [0.25, 0.3) is 0 Å². The molecule has 2 unspecified atom stereocenters. The minimum absolute atomic E-state index is 0.0428. The van der Waals surface area contributed by atoms with Gasteiger partial charge in [0.25, 0.3) is 0 Å². The third kappa shape index (κ3) is 3.37. The lowest BCUT2D eigenvalue weighted by Gasteiger charge is -2.26. The predicted octanol–water partition coefficient (Wildman–Crippen LogP) is -2.45. The highest BCUT2D eigenvalue weighted by Crippen LogP contribution is 2.21. The smallest absolute Gasteiger partial charge is 0.342 e. The van der Waals surface area contributed by atoms with Crippen LogP contribution in [0.3, 0.4) is 0 Å². The molecule has 1 aliphatic rings. The standard InChI is InChI=1S/C9H16N2O6/c10-4-2-1-3-9(11)16-7(14)5(12)6(13)8(15)17-9/h5-6,12-13H,1-4,10-11H2. The monoisotopic (exact) mass is 248 g/mol. The fourth-order valence-corrected chi connectivity index (χ4v) is 1.36. The first kappa shape index (κ1) is 13.8. The van der Waals surface area contributed by atoms with Crippen molar-refractivity contribution in [3.63, 3.8) is 0 Å². The second-order valence-electron chi connectivity index (χ2n) is 3.79. The first-order chi connectivity index (χ1) is 7.89. The summed E-state index contributed by atoms with van der Waals surface area (Å²) in [5, 5.41) is 18.4. The first-order valence-electron chi connectivity index (χ1n) is 5.20. The average Bonchev–Trinajstić information content (AvgIpc) is 2.32. The highest BCUT2D eigenvalue weighted by molar-refractivity contribution is 5.87. The highest BCUT2D eigenvalue weighted by Gasteiger charge is 2.45. The van der Waals surface area contributed by atoms with E-state index >= 15 is 0 Å². The van der Waals surface area contributed by atoms with E-state index in [-0.39, 0.29) is 6.42 Å². The van der Waals surface area contributed by atoms with Crippen molar-refractivity contribution in [2.75, 3.05) is 6.54 Å². The SMILES string of the molecule is NCCCCC1(N)OC(=O)C(O)C(O)C(=O)O1. The third-order valence-electron chi connectivity index (χ3n) is 2.31. The zero-order valence-corrected chi connectivity index (χ0v) is 9.17. The van der Waals surface area contributed by atoms with Crippen molar-refractivity contribution in [2.24, 2.45) is 11.5 Å². The van der Waals surface area contributed by atoms with Crippen molar-refractivity contribution in [3.8, 4) is 0 Å². The number of esters is 2. The molecule has 1 saturated heterocycles. The summed E-state index contributed by atoms with van der Waals surface area (Å²) in [5.41, 5.74) is 10.8. The van der Waals surface area contributed by atoms with E-state index in [4.69, 9.17) is 11.5 Å². The fraction of sp³-hybridized carbons (Fsp3) is 0.778. The molecule has 0 aliphatic carbocycles. The lowest BCUT2D eigenvalue weighted by molar-refractivity contribution is -0.225. The van der Waals surface area contributed by atoms with Gasteiger partial charge in [-0.1, -0.05) is 0 Å². The van der Waals surface area contributed by atoms with Crippen LogP contribution >= 0.6 is 0 Å². The second-order valence-corrected chi connectivity index (χ2v) is 3.79. The van der Waals surface area contributed by atoms with Gasteiger partial charge in [-0.05, 0) is 19.4 Å². The maximum Gasteiger partial charge on any atom is 0.342 e. The number of unbranched alkanes of at least 4 members (excludes halogenated alkanes) is 1. The van der Waals surface area contributed by atoms with Crippen molar-refractivity contribution >= 4 is 11.9 Å². The van der Waals surface area contributed by atoms with E-state index in [1.807, 2.05) is 0 Å². The number of aliphatic hydroxyl groups excluding tert-OH is 2. The number of aliphatic hydroxyl groups is 2. The molecule has 1 heterocycles. The predicted molar refractivity (Wildman–Crippen MR) is 54.0 cm³/mol. The molecule has 1 aliphatic heterocycles.